The standard InChI is InChI=1S/C23H34N2O4/c1-24(2)11-12-25(17-18-7-5-4-6-8-18)22(26)10-9-19-15-20(27-3)23-21(16-19)28-13-14-29-23/h9-10,15-16,18H,4-8,11-14,17H2,1-3H3/b10-9+. The zero-order valence-electron chi connectivity index (χ0n) is 18.0. The third-order valence-corrected chi connectivity index (χ3v) is 5.60. The van der Waals surface area contributed by atoms with Gasteiger partial charge in [-0.1, -0.05) is 19.3 Å². The summed E-state index contributed by atoms with van der Waals surface area (Å²) in [6.07, 6.45) is 9.87. The van der Waals surface area contributed by atoms with Crippen LogP contribution in [0.2, 0.25) is 0 Å². The monoisotopic (exact) mass is 402 g/mol. The summed E-state index contributed by atoms with van der Waals surface area (Å²) in [7, 11) is 5.69. The van der Waals surface area contributed by atoms with Crippen LogP contribution in [0, 0.1) is 5.92 Å². The Labute approximate surface area is 174 Å². The fourth-order valence-electron chi connectivity index (χ4n) is 3.96. The molecule has 0 saturated heterocycles. The van der Waals surface area contributed by atoms with E-state index >= 15 is 0 Å². The predicted octanol–water partition coefficient (Wildman–Crippen LogP) is 3.45. The fourth-order valence-corrected chi connectivity index (χ4v) is 3.96. The summed E-state index contributed by atoms with van der Waals surface area (Å²) >= 11 is 0. The van der Waals surface area contributed by atoms with E-state index in [1.165, 1.54) is 32.1 Å². The Hall–Kier alpha value is -2.21. The molecule has 0 atom stereocenters. The molecule has 29 heavy (non-hydrogen) atoms. The molecule has 0 aromatic heterocycles. The number of hydrogen-bond donors (Lipinski definition) is 0. The van der Waals surface area contributed by atoms with E-state index in [9.17, 15) is 4.79 Å². The molecule has 1 aliphatic heterocycles. The first-order chi connectivity index (χ1) is 14.1. The van der Waals surface area contributed by atoms with Crippen LogP contribution in [-0.4, -0.2) is 69.8 Å². The summed E-state index contributed by atoms with van der Waals surface area (Å²) in [5.74, 6) is 2.60. The van der Waals surface area contributed by atoms with Gasteiger partial charge in [0.2, 0.25) is 11.7 Å². The van der Waals surface area contributed by atoms with Gasteiger partial charge in [0.1, 0.15) is 13.2 Å². The number of rotatable bonds is 8. The molecule has 0 N–H and O–H groups in total. The number of nitrogens with zero attached hydrogens (tertiary/aromatic N) is 2. The van der Waals surface area contributed by atoms with Crippen LogP contribution in [0.5, 0.6) is 17.2 Å². The Morgan fingerprint density at radius 3 is 2.62 bits per heavy atom. The summed E-state index contributed by atoms with van der Waals surface area (Å²) in [5.41, 5.74) is 0.865. The first-order valence-electron chi connectivity index (χ1n) is 10.7. The first-order valence-corrected chi connectivity index (χ1v) is 10.7. The Bertz CT molecular complexity index is 694. The summed E-state index contributed by atoms with van der Waals surface area (Å²) in [5, 5.41) is 0. The zero-order valence-corrected chi connectivity index (χ0v) is 18.0. The molecular weight excluding hydrogens is 368 g/mol. The van der Waals surface area contributed by atoms with E-state index < -0.39 is 0 Å². The lowest BCUT2D eigenvalue weighted by Gasteiger charge is -2.30. The maximum absolute atomic E-state index is 13.0. The Kier molecular flexibility index (Phi) is 7.81. The number of carbonyl (C=O) groups is 1. The van der Waals surface area contributed by atoms with E-state index in [0.29, 0.717) is 36.4 Å². The molecule has 3 rings (SSSR count). The van der Waals surface area contributed by atoms with Crippen molar-refractivity contribution in [1.29, 1.82) is 0 Å². The normalized spacial score (nSPS) is 17.0. The van der Waals surface area contributed by atoms with Crippen molar-refractivity contribution >= 4 is 12.0 Å². The molecule has 6 heteroatoms. The molecule has 1 aromatic carbocycles. The van der Waals surface area contributed by atoms with Gasteiger partial charge in [0.15, 0.2) is 11.5 Å². The number of likely N-dealkylation sites (N-methyl/N-ethyl adjacent to an activating group) is 1. The van der Waals surface area contributed by atoms with Gasteiger partial charge in [-0.2, -0.15) is 0 Å². The first kappa shape index (κ1) is 21.5. The van der Waals surface area contributed by atoms with Gasteiger partial charge >= 0.3 is 0 Å². The van der Waals surface area contributed by atoms with Crippen LogP contribution in [0.25, 0.3) is 6.08 Å². The van der Waals surface area contributed by atoms with Crippen LogP contribution in [0.4, 0.5) is 0 Å². The molecule has 160 valence electrons. The minimum Gasteiger partial charge on any atom is -0.493 e. The van der Waals surface area contributed by atoms with Crippen molar-refractivity contribution < 1.29 is 19.0 Å². The molecule has 0 spiro atoms. The zero-order chi connectivity index (χ0) is 20.6. The SMILES string of the molecule is COc1cc(/C=C/C(=O)N(CCN(C)C)CC2CCCCC2)cc2c1OCCO2. The highest BCUT2D eigenvalue weighted by Crippen LogP contribution is 2.40. The number of benzene rings is 1. The van der Waals surface area contributed by atoms with Gasteiger partial charge < -0.3 is 24.0 Å². The highest BCUT2D eigenvalue weighted by Gasteiger charge is 2.21. The van der Waals surface area contributed by atoms with Crippen molar-refractivity contribution in [3.8, 4) is 17.2 Å². The van der Waals surface area contributed by atoms with Crippen LogP contribution in [0.1, 0.15) is 37.7 Å². The number of fused-ring (bicyclic) bond motifs is 1. The third kappa shape index (κ3) is 6.13. The molecule has 1 saturated carbocycles. The van der Waals surface area contributed by atoms with Crippen molar-refractivity contribution in [3.05, 3.63) is 23.8 Å². The second-order valence-electron chi connectivity index (χ2n) is 8.17. The van der Waals surface area contributed by atoms with E-state index in [-0.39, 0.29) is 5.91 Å². The topological polar surface area (TPSA) is 51.2 Å². The Morgan fingerprint density at radius 2 is 1.90 bits per heavy atom. The van der Waals surface area contributed by atoms with E-state index in [4.69, 9.17) is 14.2 Å². The molecule has 1 aromatic rings. The molecule has 0 unspecified atom stereocenters. The lowest BCUT2D eigenvalue weighted by Crippen LogP contribution is -2.39. The van der Waals surface area contributed by atoms with Crippen LogP contribution in [0.3, 0.4) is 0 Å². The van der Waals surface area contributed by atoms with Gasteiger partial charge in [-0.25, -0.2) is 0 Å². The van der Waals surface area contributed by atoms with Crippen molar-refractivity contribution in [2.75, 3.05) is 54.1 Å². The van der Waals surface area contributed by atoms with Gasteiger partial charge in [0, 0.05) is 25.7 Å². The molecule has 6 nitrogen and oxygen atoms in total. The molecule has 1 fully saturated rings. The van der Waals surface area contributed by atoms with Crippen LogP contribution in [-0.2, 0) is 4.79 Å². The number of carbonyl (C=O) groups excluding carboxylic acids is 1. The van der Waals surface area contributed by atoms with Gasteiger partial charge in [-0.3, -0.25) is 4.79 Å². The van der Waals surface area contributed by atoms with Gasteiger partial charge in [-0.05, 0) is 56.6 Å². The molecular formula is C23H34N2O4. The summed E-state index contributed by atoms with van der Waals surface area (Å²) < 4.78 is 16.8. The highest BCUT2D eigenvalue weighted by molar-refractivity contribution is 5.92. The summed E-state index contributed by atoms with van der Waals surface area (Å²) in [6.45, 7) is 3.49. The molecule has 0 radical (unpaired) electrons. The van der Waals surface area contributed by atoms with Crippen molar-refractivity contribution in [2.45, 2.75) is 32.1 Å². The molecule has 2 aliphatic rings. The molecule has 1 aliphatic carbocycles. The third-order valence-electron chi connectivity index (χ3n) is 5.60. The van der Waals surface area contributed by atoms with Crippen LogP contribution in [0.15, 0.2) is 18.2 Å². The smallest absolute Gasteiger partial charge is 0.246 e. The van der Waals surface area contributed by atoms with E-state index in [1.807, 2.05) is 37.2 Å². The lowest BCUT2D eigenvalue weighted by atomic mass is 9.89. The van der Waals surface area contributed by atoms with E-state index in [2.05, 4.69) is 4.90 Å². The van der Waals surface area contributed by atoms with Crippen molar-refractivity contribution in [1.82, 2.24) is 9.80 Å². The Balaban J connectivity index is 1.71. The van der Waals surface area contributed by atoms with Gasteiger partial charge in [-0.15, -0.1) is 0 Å². The second kappa shape index (κ2) is 10.5. The highest BCUT2D eigenvalue weighted by atomic mass is 16.6. The van der Waals surface area contributed by atoms with Crippen LogP contribution < -0.4 is 14.2 Å². The average molecular weight is 403 g/mol. The minimum atomic E-state index is 0.0614. The number of hydrogen-bond acceptors (Lipinski definition) is 5. The number of ether oxygens (including phenoxy) is 3. The van der Waals surface area contributed by atoms with Crippen molar-refractivity contribution in [2.24, 2.45) is 5.92 Å². The quantitative estimate of drug-likeness (QED) is 0.624. The largest absolute Gasteiger partial charge is 0.493 e. The molecule has 0 bridgehead atoms. The summed E-state index contributed by atoms with van der Waals surface area (Å²) in [4.78, 5) is 17.1. The van der Waals surface area contributed by atoms with Crippen LogP contribution >= 0.6 is 0 Å². The van der Waals surface area contributed by atoms with Gasteiger partial charge in [0.25, 0.3) is 0 Å². The second-order valence-corrected chi connectivity index (χ2v) is 8.17. The minimum absolute atomic E-state index is 0.0614. The molecule has 1 heterocycles. The predicted molar refractivity (Wildman–Crippen MR) is 115 cm³/mol. The van der Waals surface area contributed by atoms with Crippen molar-refractivity contribution in [3.63, 3.8) is 0 Å². The Morgan fingerprint density at radius 1 is 1.14 bits per heavy atom. The number of methoxy groups -OCH3 is 1. The summed E-state index contributed by atoms with van der Waals surface area (Å²) in [6, 6.07) is 3.77. The maximum Gasteiger partial charge on any atom is 0.246 e. The average Bonchev–Trinajstić information content (AvgIpc) is 2.74. The van der Waals surface area contributed by atoms with E-state index in [0.717, 1.165) is 25.2 Å². The van der Waals surface area contributed by atoms with Gasteiger partial charge in [0.05, 0.1) is 7.11 Å². The number of amides is 1. The maximum atomic E-state index is 13.0. The molecule has 1 amide bonds. The lowest BCUT2D eigenvalue weighted by molar-refractivity contribution is -0.126. The van der Waals surface area contributed by atoms with E-state index in [1.54, 1.807) is 13.2 Å². The fraction of sp³-hybridized carbons (Fsp3) is 0.609.